The van der Waals surface area contributed by atoms with Crippen LogP contribution in [0.4, 0.5) is 0 Å². The second-order valence-electron chi connectivity index (χ2n) is 28.5. The maximum atomic E-state index is 13.1. The number of rotatable bonds is 80. The predicted octanol–water partition coefficient (Wildman–Crippen LogP) is 23.8. The standard InChI is InChI=1S/C79H154O17P2/c1-5-9-13-17-21-25-29-32-34-35-36-37-38-39-40-43-46-50-54-58-62-66-79(84)96-75(70-90-77(82)64-60-56-52-48-44-42-33-30-26-22-18-14-10-6-2)72-94-98(87,88)92-68-73(80)67-91-97(85,86)93-71-74(69-89-76(81)63-59-55-51-47-28-24-20-16-12-8-4)95-78(83)65-61-57-53-49-45-41-31-27-23-19-15-11-7-3/h73-75,80H,5-72H2,1-4H3,(H,85,86)(H,87,88)/t73-,74+,75+/m0/s1. The molecule has 0 aromatic rings. The van der Waals surface area contributed by atoms with Crippen LogP contribution in [0.3, 0.4) is 0 Å². The van der Waals surface area contributed by atoms with Crippen molar-refractivity contribution in [1.29, 1.82) is 0 Å². The molecule has 0 aliphatic rings. The molecule has 0 aromatic carbocycles. The molecule has 0 radical (unpaired) electrons. The van der Waals surface area contributed by atoms with Gasteiger partial charge in [0.2, 0.25) is 0 Å². The number of carbonyl (C=O) groups is 4. The summed E-state index contributed by atoms with van der Waals surface area (Å²) in [6, 6.07) is 0. The summed E-state index contributed by atoms with van der Waals surface area (Å²) >= 11 is 0. The average molecular weight is 1440 g/mol. The number of phosphoric ester groups is 2. The fourth-order valence-electron chi connectivity index (χ4n) is 12.3. The molecule has 0 bridgehead atoms. The Bertz CT molecular complexity index is 1860. The average Bonchev–Trinajstić information content (AvgIpc) is 2.24. The summed E-state index contributed by atoms with van der Waals surface area (Å²) in [5, 5.41) is 10.6. The van der Waals surface area contributed by atoms with Gasteiger partial charge in [-0.25, -0.2) is 9.13 Å². The zero-order valence-corrected chi connectivity index (χ0v) is 65.6. The van der Waals surface area contributed by atoms with E-state index in [0.717, 1.165) is 89.9 Å². The van der Waals surface area contributed by atoms with Crippen LogP contribution in [0, 0.1) is 0 Å². The lowest BCUT2D eigenvalue weighted by Gasteiger charge is -2.21. The van der Waals surface area contributed by atoms with Gasteiger partial charge in [-0.1, -0.05) is 374 Å². The van der Waals surface area contributed by atoms with E-state index in [0.29, 0.717) is 25.7 Å². The molecule has 17 nitrogen and oxygen atoms in total. The van der Waals surface area contributed by atoms with Gasteiger partial charge in [-0.2, -0.15) is 0 Å². The molecular formula is C79H154O17P2. The van der Waals surface area contributed by atoms with E-state index in [1.807, 2.05) is 0 Å². The summed E-state index contributed by atoms with van der Waals surface area (Å²) in [6.07, 6.45) is 65.2. The monoisotopic (exact) mass is 1440 g/mol. The summed E-state index contributed by atoms with van der Waals surface area (Å²) in [4.78, 5) is 72.9. The summed E-state index contributed by atoms with van der Waals surface area (Å²) in [7, 11) is -9.91. The summed E-state index contributed by atoms with van der Waals surface area (Å²) in [6.45, 7) is 5.00. The fraction of sp³-hybridized carbons (Fsp3) is 0.949. The number of aliphatic hydroxyl groups excluding tert-OH is 1. The highest BCUT2D eigenvalue weighted by atomic mass is 31.2. The van der Waals surface area contributed by atoms with Gasteiger partial charge in [-0.05, 0) is 25.7 Å². The van der Waals surface area contributed by atoms with Crippen molar-refractivity contribution in [3.63, 3.8) is 0 Å². The van der Waals surface area contributed by atoms with Crippen LogP contribution < -0.4 is 0 Å². The minimum absolute atomic E-state index is 0.108. The normalized spacial score (nSPS) is 13.8. The summed E-state index contributed by atoms with van der Waals surface area (Å²) in [5.41, 5.74) is 0. The van der Waals surface area contributed by atoms with Crippen LogP contribution in [0.1, 0.15) is 426 Å². The Morgan fingerprint density at radius 3 is 0.602 bits per heavy atom. The van der Waals surface area contributed by atoms with Crippen molar-refractivity contribution in [2.45, 2.75) is 444 Å². The van der Waals surface area contributed by atoms with Crippen LogP contribution in [-0.4, -0.2) is 96.7 Å². The number of aliphatic hydroxyl groups is 1. The van der Waals surface area contributed by atoms with Gasteiger partial charge in [-0.3, -0.25) is 37.3 Å². The highest BCUT2D eigenvalue weighted by molar-refractivity contribution is 7.47. The van der Waals surface area contributed by atoms with E-state index >= 15 is 0 Å². The zero-order chi connectivity index (χ0) is 71.8. The quantitative estimate of drug-likeness (QED) is 0.0222. The van der Waals surface area contributed by atoms with Crippen molar-refractivity contribution in [2.24, 2.45) is 0 Å². The molecule has 5 atom stereocenters. The Labute approximate surface area is 600 Å². The van der Waals surface area contributed by atoms with E-state index in [9.17, 15) is 43.2 Å². The van der Waals surface area contributed by atoms with Crippen LogP contribution in [0.2, 0.25) is 0 Å². The Balaban J connectivity index is 5.20. The third-order valence-corrected chi connectivity index (χ3v) is 20.5. The van der Waals surface area contributed by atoms with Crippen molar-refractivity contribution in [1.82, 2.24) is 0 Å². The Morgan fingerprint density at radius 1 is 0.245 bits per heavy atom. The van der Waals surface area contributed by atoms with E-state index in [1.54, 1.807) is 0 Å². The van der Waals surface area contributed by atoms with E-state index in [-0.39, 0.29) is 25.7 Å². The van der Waals surface area contributed by atoms with E-state index in [2.05, 4.69) is 27.7 Å². The van der Waals surface area contributed by atoms with Gasteiger partial charge < -0.3 is 33.8 Å². The smallest absolute Gasteiger partial charge is 0.462 e. The molecule has 0 amide bonds. The minimum atomic E-state index is -4.96. The summed E-state index contributed by atoms with van der Waals surface area (Å²) in [5.74, 6) is -2.11. The topological polar surface area (TPSA) is 237 Å². The predicted molar refractivity (Wildman–Crippen MR) is 400 cm³/mol. The lowest BCUT2D eigenvalue weighted by molar-refractivity contribution is -0.161. The van der Waals surface area contributed by atoms with Crippen LogP contribution in [-0.2, 0) is 65.4 Å². The maximum Gasteiger partial charge on any atom is 0.472 e. The highest BCUT2D eigenvalue weighted by Crippen LogP contribution is 2.45. The first kappa shape index (κ1) is 96.1. The van der Waals surface area contributed by atoms with Crippen LogP contribution >= 0.6 is 15.6 Å². The SMILES string of the molecule is CCCCCCCCCCCCCCCCCCCCCCCC(=O)O[C@H](COC(=O)CCCCCCCCCCCCCCCC)COP(=O)(O)OC[C@@H](O)COP(=O)(O)OC[C@@H](COC(=O)CCCCCCCCCCCC)OC(=O)CCCCCCCCCCCCCCC. The largest absolute Gasteiger partial charge is 0.472 e. The lowest BCUT2D eigenvalue weighted by Crippen LogP contribution is -2.30. The minimum Gasteiger partial charge on any atom is -0.462 e. The van der Waals surface area contributed by atoms with Crippen molar-refractivity contribution >= 4 is 39.5 Å². The molecule has 0 aliphatic carbocycles. The molecule has 0 saturated heterocycles. The molecule has 0 rings (SSSR count). The van der Waals surface area contributed by atoms with Crippen LogP contribution in [0.15, 0.2) is 0 Å². The van der Waals surface area contributed by atoms with E-state index in [1.165, 1.54) is 257 Å². The molecule has 2 unspecified atom stereocenters. The fourth-order valence-corrected chi connectivity index (χ4v) is 13.9. The van der Waals surface area contributed by atoms with Gasteiger partial charge in [-0.15, -0.1) is 0 Å². The van der Waals surface area contributed by atoms with Crippen molar-refractivity contribution < 1.29 is 80.2 Å². The first-order valence-corrected chi connectivity index (χ1v) is 44.3. The molecule has 0 heterocycles. The summed E-state index contributed by atoms with van der Waals surface area (Å²) < 4.78 is 68.6. The first-order chi connectivity index (χ1) is 47.7. The van der Waals surface area contributed by atoms with Gasteiger partial charge in [0, 0.05) is 25.7 Å². The van der Waals surface area contributed by atoms with Crippen molar-refractivity contribution in [2.75, 3.05) is 39.6 Å². The molecule has 98 heavy (non-hydrogen) atoms. The molecular weight excluding hydrogens is 1280 g/mol. The lowest BCUT2D eigenvalue weighted by atomic mass is 10.0. The Hall–Kier alpha value is -1.94. The molecule has 0 fully saturated rings. The number of ether oxygens (including phenoxy) is 4. The molecule has 19 heteroatoms. The number of unbranched alkanes of at least 4 members (excludes halogenated alkanes) is 54. The Morgan fingerprint density at radius 2 is 0.408 bits per heavy atom. The zero-order valence-electron chi connectivity index (χ0n) is 63.8. The third kappa shape index (κ3) is 72.4. The number of hydrogen-bond acceptors (Lipinski definition) is 15. The van der Waals surface area contributed by atoms with E-state index < -0.39 is 97.5 Å². The number of carbonyl (C=O) groups excluding carboxylic acids is 4. The molecule has 0 spiro atoms. The molecule has 3 N–H and O–H groups in total. The number of esters is 4. The second kappa shape index (κ2) is 73.4. The molecule has 0 aromatic heterocycles. The molecule has 582 valence electrons. The van der Waals surface area contributed by atoms with Gasteiger partial charge in [0.1, 0.15) is 19.3 Å². The van der Waals surface area contributed by atoms with Gasteiger partial charge in [0.15, 0.2) is 12.2 Å². The van der Waals surface area contributed by atoms with Gasteiger partial charge in [0.05, 0.1) is 26.4 Å². The highest BCUT2D eigenvalue weighted by Gasteiger charge is 2.30. The van der Waals surface area contributed by atoms with Gasteiger partial charge in [0.25, 0.3) is 0 Å². The van der Waals surface area contributed by atoms with Gasteiger partial charge >= 0.3 is 39.5 Å². The number of hydrogen-bond donors (Lipinski definition) is 3. The van der Waals surface area contributed by atoms with Crippen molar-refractivity contribution in [3.8, 4) is 0 Å². The molecule has 0 saturated carbocycles. The molecule has 0 aliphatic heterocycles. The van der Waals surface area contributed by atoms with Crippen LogP contribution in [0.5, 0.6) is 0 Å². The van der Waals surface area contributed by atoms with Crippen molar-refractivity contribution in [3.05, 3.63) is 0 Å². The first-order valence-electron chi connectivity index (χ1n) is 41.3. The maximum absolute atomic E-state index is 13.1. The Kier molecular flexibility index (Phi) is 71.9. The van der Waals surface area contributed by atoms with Crippen LogP contribution in [0.25, 0.3) is 0 Å². The number of phosphoric acid groups is 2. The second-order valence-corrected chi connectivity index (χ2v) is 31.4. The third-order valence-electron chi connectivity index (χ3n) is 18.6. The van der Waals surface area contributed by atoms with E-state index in [4.69, 9.17) is 37.0 Å².